The third-order valence-corrected chi connectivity index (χ3v) is 5.96. The maximum Gasteiger partial charge on any atom is 0.295 e. The smallest absolute Gasteiger partial charge is 0.295 e. The highest BCUT2D eigenvalue weighted by Gasteiger charge is 2.47. The SMILES string of the molecule is C=CCOc1ccc(/C(O)=C2\C(=O)C(=O)N(Cc3cccnc3)C2C(C)c2ccccc2)cc1. The number of aliphatic hydroxyl groups excluding tert-OH is 1. The van der Waals surface area contributed by atoms with Gasteiger partial charge in [0.1, 0.15) is 18.1 Å². The molecule has 34 heavy (non-hydrogen) atoms. The van der Waals surface area contributed by atoms with Gasteiger partial charge in [0.15, 0.2) is 0 Å². The fourth-order valence-corrected chi connectivity index (χ4v) is 4.25. The van der Waals surface area contributed by atoms with E-state index in [1.165, 1.54) is 4.90 Å². The normalized spacial score (nSPS) is 18.0. The number of hydrogen-bond acceptors (Lipinski definition) is 5. The van der Waals surface area contributed by atoms with Crippen LogP contribution in [0, 0.1) is 0 Å². The molecule has 0 saturated carbocycles. The maximum absolute atomic E-state index is 13.2. The molecule has 1 fully saturated rings. The van der Waals surface area contributed by atoms with Crippen LogP contribution in [0.5, 0.6) is 5.75 Å². The van der Waals surface area contributed by atoms with Crippen LogP contribution in [0.25, 0.3) is 5.76 Å². The Morgan fingerprint density at radius 3 is 2.50 bits per heavy atom. The van der Waals surface area contributed by atoms with Gasteiger partial charge in [0.05, 0.1) is 11.6 Å². The number of ether oxygens (including phenoxy) is 1. The number of benzene rings is 2. The Morgan fingerprint density at radius 2 is 1.85 bits per heavy atom. The van der Waals surface area contributed by atoms with Crippen molar-refractivity contribution in [2.24, 2.45) is 0 Å². The standard InChI is InChI=1S/C28H26N2O4/c1-3-16-34-23-13-11-22(12-14-23)26(31)24-25(19(2)21-9-5-4-6-10-21)30(28(33)27(24)32)18-20-8-7-15-29-17-20/h3-15,17,19,25,31H,1,16,18H2,2H3/b26-24+. The summed E-state index contributed by atoms with van der Waals surface area (Å²) in [5.74, 6) is -1.15. The number of aromatic nitrogens is 1. The molecular weight excluding hydrogens is 428 g/mol. The van der Waals surface area contributed by atoms with E-state index < -0.39 is 17.7 Å². The van der Waals surface area contributed by atoms with Crippen LogP contribution >= 0.6 is 0 Å². The van der Waals surface area contributed by atoms with E-state index >= 15 is 0 Å². The summed E-state index contributed by atoms with van der Waals surface area (Å²) in [6.45, 7) is 6.16. The van der Waals surface area contributed by atoms with Crippen LogP contribution in [0.3, 0.4) is 0 Å². The third kappa shape index (κ3) is 4.62. The lowest BCUT2D eigenvalue weighted by Crippen LogP contribution is -2.37. The van der Waals surface area contributed by atoms with Crippen molar-refractivity contribution in [1.82, 2.24) is 9.88 Å². The van der Waals surface area contributed by atoms with Gasteiger partial charge in [-0.3, -0.25) is 14.6 Å². The van der Waals surface area contributed by atoms with Crippen LogP contribution in [0.1, 0.15) is 29.5 Å². The molecule has 2 atom stereocenters. The lowest BCUT2D eigenvalue weighted by atomic mass is 9.87. The number of carbonyl (C=O) groups excluding carboxylic acids is 2. The van der Waals surface area contributed by atoms with Crippen molar-refractivity contribution < 1.29 is 19.4 Å². The second kappa shape index (κ2) is 10.2. The second-order valence-electron chi connectivity index (χ2n) is 8.15. The van der Waals surface area contributed by atoms with Crippen molar-refractivity contribution in [3.63, 3.8) is 0 Å². The molecule has 6 heteroatoms. The number of Topliss-reactive ketones (excluding diaryl/α,β-unsaturated/α-hetero) is 1. The second-order valence-corrected chi connectivity index (χ2v) is 8.15. The summed E-state index contributed by atoms with van der Waals surface area (Å²) in [6, 6.07) is 19.4. The van der Waals surface area contributed by atoms with E-state index in [4.69, 9.17) is 4.74 Å². The van der Waals surface area contributed by atoms with Crippen LogP contribution in [0.15, 0.2) is 97.4 Å². The summed E-state index contributed by atoms with van der Waals surface area (Å²) in [7, 11) is 0. The zero-order valence-corrected chi connectivity index (χ0v) is 18.9. The number of aliphatic hydroxyl groups is 1. The molecule has 1 N–H and O–H groups in total. The molecule has 2 heterocycles. The predicted molar refractivity (Wildman–Crippen MR) is 130 cm³/mol. The molecule has 1 aromatic heterocycles. The lowest BCUT2D eigenvalue weighted by Gasteiger charge is -2.30. The molecule has 3 aromatic rings. The summed E-state index contributed by atoms with van der Waals surface area (Å²) < 4.78 is 5.50. The molecule has 2 aromatic carbocycles. The molecule has 172 valence electrons. The van der Waals surface area contributed by atoms with Gasteiger partial charge in [0, 0.05) is 30.4 Å². The van der Waals surface area contributed by atoms with Gasteiger partial charge in [-0.1, -0.05) is 56.0 Å². The third-order valence-electron chi connectivity index (χ3n) is 5.96. The van der Waals surface area contributed by atoms with Crippen LogP contribution in [-0.4, -0.2) is 39.3 Å². The van der Waals surface area contributed by atoms with Crippen LogP contribution in [0.2, 0.25) is 0 Å². The Kier molecular flexibility index (Phi) is 6.87. The fourth-order valence-electron chi connectivity index (χ4n) is 4.25. The number of amides is 1. The van der Waals surface area contributed by atoms with E-state index in [9.17, 15) is 14.7 Å². The number of ketones is 1. The van der Waals surface area contributed by atoms with Crippen molar-refractivity contribution in [2.75, 3.05) is 6.61 Å². The molecule has 0 bridgehead atoms. The van der Waals surface area contributed by atoms with Gasteiger partial charge >= 0.3 is 0 Å². The average Bonchev–Trinajstić information content (AvgIpc) is 3.13. The van der Waals surface area contributed by atoms with E-state index in [0.29, 0.717) is 17.9 Å². The molecule has 1 amide bonds. The van der Waals surface area contributed by atoms with E-state index in [1.54, 1.807) is 48.8 Å². The Labute approximate surface area is 198 Å². The van der Waals surface area contributed by atoms with Crippen LogP contribution < -0.4 is 4.74 Å². The highest BCUT2D eigenvalue weighted by atomic mass is 16.5. The van der Waals surface area contributed by atoms with E-state index in [1.807, 2.05) is 43.3 Å². The minimum absolute atomic E-state index is 0.102. The summed E-state index contributed by atoms with van der Waals surface area (Å²) in [5.41, 5.74) is 2.31. The minimum atomic E-state index is -0.693. The highest BCUT2D eigenvalue weighted by molar-refractivity contribution is 6.46. The summed E-state index contributed by atoms with van der Waals surface area (Å²) in [4.78, 5) is 32.0. The molecular formula is C28H26N2O4. The van der Waals surface area contributed by atoms with E-state index in [2.05, 4.69) is 11.6 Å². The van der Waals surface area contributed by atoms with E-state index in [0.717, 1.165) is 11.1 Å². The monoisotopic (exact) mass is 454 g/mol. The number of pyridine rings is 1. The lowest BCUT2D eigenvalue weighted by molar-refractivity contribution is -0.140. The van der Waals surface area contributed by atoms with Crippen molar-refractivity contribution in [3.05, 3.63) is 114 Å². The molecule has 1 aliphatic heterocycles. The van der Waals surface area contributed by atoms with Gasteiger partial charge in [0.25, 0.3) is 11.7 Å². The zero-order chi connectivity index (χ0) is 24.1. The number of likely N-dealkylation sites (tertiary alicyclic amines) is 1. The Bertz CT molecular complexity index is 1200. The molecule has 0 spiro atoms. The van der Waals surface area contributed by atoms with Crippen molar-refractivity contribution >= 4 is 17.4 Å². The maximum atomic E-state index is 13.2. The number of rotatable bonds is 8. The predicted octanol–water partition coefficient (Wildman–Crippen LogP) is 4.70. The molecule has 4 rings (SSSR count). The number of nitrogens with zero attached hydrogens (tertiary/aromatic N) is 2. The van der Waals surface area contributed by atoms with Crippen LogP contribution in [0.4, 0.5) is 0 Å². The molecule has 2 unspecified atom stereocenters. The Hall–Kier alpha value is -4.19. The quantitative estimate of drug-likeness (QED) is 0.231. The summed E-state index contributed by atoms with van der Waals surface area (Å²) in [5, 5.41) is 11.2. The number of hydrogen-bond donors (Lipinski definition) is 1. The van der Waals surface area contributed by atoms with Gasteiger partial charge in [-0.05, 0) is 41.5 Å². The highest BCUT2D eigenvalue weighted by Crippen LogP contribution is 2.38. The largest absolute Gasteiger partial charge is 0.507 e. The summed E-state index contributed by atoms with van der Waals surface area (Å²) in [6.07, 6.45) is 4.97. The van der Waals surface area contributed by atoms with Crippen molar-refractivity contribution in [2.45, 2.75) is 25.4 Å². The molecule has 1 saturated heterocycles. The molecule has 1 aliphatic rings. The van der Waals surface area contributed by atoms with Gasteiger partial charge in [-0.25, -0.2) is 0 Å². The minimum Gasteiger partial charge on any atom is -0.507 e. The van der Waals surface area contributed by atoms with Gasteiger partial charge in [0.2, 0.25) is 0 Å². The van der Waals surface area contributed by atoms with Crippen LogP contribution in [-0.2, 0) is 16.1 Å². The van der Waals surface area contributed by atoms with Gasteiger partial charge < -0.3 is 14.7 Å². The van der Waals surface area contributed by atoms with E-state index in [-0.39, 0.29) is 23.8 Å². The first-order valence-corrected chi connectivity index (χ1v) is 11.1. The first-order valence-electron chi connectivity index (χ1n) is 11.1. The summed E-state index contributed by atoms with van der Waals surface area (Å²) >= 11 is 0. The topological polar surface area (TPSA) is 79.7 Å². The molecule has 0 radical (unpaired) electrons. The average molecular weight is 455 g/mol. The Morgan fingerprint density at radius 1 is 1.12 bits per heavy atom. The molecule has 6 nitrogen and oxygen atoms in total. The Balaban J connectivity index is 1.77. The van der Waals surface area contributed by atoms with Crippen molar-refractivity contribution in [3.8, 4) is 5.75 Å². The first-order chi connectivity index (χ1) is 16.5. The zero-order valence-electron chi connectivity index (χ0n) is 18.9. The fraction of sp³-hybridized carbons (Fsp3) is 0.179. The van der Waals surface area contributed by atoms with Gasteiger partial charge in [-0.15, -0.1) is 0 Å². The number of carbonyl (C=O) groups is 2. The molecule has 0 aliphatic carbocycles. The van der Waals surface area contributed by atoms with Crippen molar-refractivity contribution in [1.29, 1.82) is 0 Å². The van der Waals surface area contributed by atoms with Gasteiger partial charge in [-0.2, -0.15) is 0 Å². The first kappa shape index (κ1) is 23.0.